The number of pyridine rings is 1. The molecule has 2 fully saturated rings. The number of aliphatic carboxylic acids is 1. The van der Waals surface area contributed by atoms with Crippen LogP contribution in [0.15, 0.2) is 24.4 Å². The first-order valence-corrected chi connectivity index (χ1v) is 7.60. The zero-order valence-electron chi connectivity index (χ0n) is 11.9. The van der Waals surface area contributed by atoms with Crippen LogP contribution >= 0.6 is 0 Å². The number of hydrogen-bond donors (Lipinski definition) is 1. The number of aromatic nitrogens is 1. The van der Waals surface area contributed by atoms with Crippen LogP contribution in [0.2, 0.25) is 0 Å². The molecule has 112 valence electrons. The molecule has 2 saturated carbocycles. The van der Waals surface area contributed by atoms with Crippen LogP contribution in [0.25, 0.3) is 0 Å². The van der Waals surface area contributed by atoms with Crippen molar-refractivity contribution >= 4 is 11.9 Å². The Bertz CT molecular complexity index is 528. The number of carboxylic acid groups (broad SMARTS) is 1. The van der Waals surface area contributed by atoms with E-state index < -0.39 is 11.9 Å². The molecule has 3 rings (SSSR count). The first kappa shape index (κ1) is 14.0. The minimum absolute atomic E-state index is 0.00746. The average Bonchev–Trinajstić information content (AvgIpc) is 3.20. The van der Waals surface area contributed by atoms with E-state index in [2.05, 4.69) is 4.98 Å². The fraction of sp³-hybridized carbons (Fsp3) is 0.562. The molecule has 0 spiro atoms. The van der Waals surface area contributed by atoms with Crippen LogP contribution < -0.4 is 0 Å². The summed E-state index contributed by atoms with van der Waals surface area (Å²) in [4.78, 5) is 30.2. The van der Waals surface area contributed by atoms with Crippen molar-refractivity contribution in [1.82, 2.24) is 9.88 Å². The van der Waals surface area contributed by atoms with Gasteiger partial charge in [0.15, 0.2) is 0 Å². The molecule has 0 unspecified atom stereocenters. The Hall–Kier alpha value is -1.91. The zero-order chi connectivity index (χ0) is 14.8. The van der Waals surface area contributed by atoms with Gasteiger partial charge in [0.2, 0.25) is 5.91 Å². The van der Waals surface area contributed by atoms with E-state index in [4.69, 9.17) is 0 Å². The minimum Gasteiger partial charge on any atom is -0.481 e. The second-order valence-electron chi connectivity index (χ2n) is 6.00. The molecule has 2 aliphatic rings. The number of carbonyl (C=O) groups excluding carboxylic acids is 1. The van der Waals surface area contributed by atoms with E-state index in [9.17, 15) is 14.7 Å². The third kappa shape index (κ3) is 3.06. The fourth-order valence-corrected chi connectivity index (χ4v) is 3.20. The van der Waals surface area contributed by atoms with Crippen molar-refractivity contribution in [3.8, 4) is 0 Å². The van der Waals surface area contributed by atoms with Crippen LogP contribution in [0.4, 0.5) is 0 Å². The summed E-state index contributed by atoms with van der Waals surface area (Å²) in [5.74, 6) is -1.69. The van der Waals surface area contributed by atoms with Gasteiger partial charge in [0.05, 0.1) is 24.1 Å². The van der Waals surface area contributed by atoms with E-state index in [0.29, 0.717) is 19.4 Å². The highest BCUT2D eigenvalue weighted by molar-refractivity contribution is 5.85. The van der Waals surface area contributed by atoms with Crippen molar-refractivity contribution in [2.24, 2.45) is 11.8 Å². The molecule has 0 aliphatic heterocycles. The van der Waals surface area contributed by atoms with E-state index in [0.717, 1.165) is 25.0 Å². The smallest absolute Gasteiger partial charge is 0.307 e. The third-order valence-electron chi connectivity index (χ3n) is 4.48. The Morgan fingerprint density at radius 3 is 2.57 bits per heavy atom. The quantitative estimate of drug-likeness (QED) is 0.900. The molecule has 5 nitrogen and oxygen atoms in total. The van der Waals surface area contributed by atoms with Gasteiger partial charge in [-0.05, 0) is 37.8 Å². The highest BCUT2D eigenvalue weighted by Crippen LogP contribution is 2.37. The van der Waals surface area contributed by atoms with Gasteiger partial charge in [-0.15, -0.1) is 0 Å². The topological polar surface area (TPSA) is 70.5 Å². The maximum absolute atomic E-state index is 12.8. The van der Waals surface area contributed by atoms with E-state index in [1.165, 1.54) is 0 Å². The molecule has 1 N–H and O–H groups in total. The molecule has 5 heteroatoms. The molecule has 1 amide bonds. The van der Waals surface area contributed by atoms with Crippen molar-refractivity contribution in [3.63, 3.8) is 0 Å². The Morgan fingerprint density at radius 2 is 1.95 bits per heavy atom. The Balaban J connectivity index is 1.74. The molecule has 2 atom stereocenters. The van der Waals surface area contributed by atoms with Crippen molar-refractivity contribution in [3.05, 3.63) is 30.1 Å². The molecule has 1 heterocycles. The van der Waals surface area contributed by atoms with Crippen molar-refractivity contribution in [1.29, 1.82) is 0 Å². The van der Waals surface area contributed by atoms with E-state index in [1.807, 2.05) is 23.1 Å². The monoisotopic (exact) mass is 288 g/mol. The number of amides is 1. The van der Waals surface area contributed by atoms with Crippen molar-refractivity contribution in [2.45, 2.75) is 44.7 Å². The van der Waals surface area contributed by atoms with Gasteiger partial charge in [-0.2, -0.15) is 0 Å². The predicted octanol–water partition coefficient (Wildman–Crippen LogP) is 2.07. The number of hydrogen-bond acceptors (Lipinski definition) is 3. The van der Waals surface area contributed by atoms with E-state index >= 15 is 0 Å². The molecule has 0 bridgehead atoms. The van der Waals surface area contributed by atoms with Gasteiger partial charge in [0.25, 0.3) is 0 Å². The maximum Gasteiger partial charge on any atom is 0.307 e. The summed E-state index contributed by atoms with van der Waals surface area (Å²) in [6.45, 7) is 0.493. The SMILES string of the molecule is O=C(O)[C@H]1CCC[C@H]1C(=O)N(Cc1ccccn1)C1CC1. The number of carboxylic acids is 1. The molecule has 1 aromatic heterocycles. The normalized spacial score (nSPS) is 24.8. The first-order chi connectivity index (χ1) is 10.2. The van der Waals surface area contributed by atoms with Gasteiger partial charge >= 0.3 is 5.97 Å². The predicted molar refractivity (Wildman–Crippen MR) is 76.3 cm³/mol. The van der Waals surface area contributed by atoms with Gasteiger partial charge < -0.3 is 10.0 Å². The molecule has 0 saturated heterocycles. The Morgan fingerprint density at radius 1 is 1.19 bits per heavy atom. The first-order valence-electron chi connectivity index (χ1n) is 7.60. The molecule has 0 radical (unpaired) electrons. The minimum atomic E-state index is -0.834. The van der Waals surface area contributed by atoms with Crippen LogP contribution in [-0.2, 0) is 16.1 Å². The van der Waals surface area contributed by atoms with Gasteiger partial charge in [-0.25, -0.2) is 0 Å². The van der Waals surface area contributed by atoms with E-state index in [1.54, 1.807) is 6.20 Å². The highest BCUT2D eigenvalue weighted by Gasteiger charge is 2.43. The summed E-state index contributed by atoms with van der Waals surface area (Å²) in [5, 5.41) is 9.28. The third-order valence-corrected chi connectivity index (χ3v) is 4.48. The van der Waals surface area contributed by atoms with Gasteiger partial charge in [-0.3, -0.25) is 14.6 Å². The summed E-state index contributed by atoms with van der Waals surface area (Å²) in [6, 6.07) is 5.94. The molecular formula is C16H20N2O3. The second kappa shape index (κ2) is 5.84. The molecule has 0 aromatic carbocycles. The Kier molecular flexibility index (Phi) is 3.90. The van der Waals surface area contributed by atoms with Crippen molar-refractivity contribution in [2.75, 3.05) is 0 Å². The zero-order valence-corrected chi connectivity index (χ0v) is 11.9. The summed E-state index contributed by atoms with van der Waals surface area (Å²) in [7, 11) is 0. The lowest BCUT2D eigenvalue weighted by Gasteiger charge is -2.27. The van der Waals surface area contributed by atoms with Gasteiger partial charge in [-0.1, -0.05) is 12.5 Å². The van der Waals surface area contributed by atoms with Gasteiger partial charge in [0.1, 0.15) is 0 Å². The lowest BCUT2D eigenvalue weighted by atomic mass is 9.94. The number of rotatable bonds is 5. The molecule has 1 aromatic rings. The van der Waals surface area contributed by atoms with E-state index in [-0.39, 0.29) is 17.9 Å². The standard InChI is InChI=1S/C16H20N2O3/c19-15(13-5-3-6-14(13)16(20)21)18(12-7-8-12)10-11-4-1-2-9-17-11/h1-2,4,9,12-14H,3,5-8,10H2,(H,20,21)/t13-,14+/m1/s1. The van der Waals surface area contributed by atoms with Crippen LogP contribution in [0, 0.1) is 11.8 Å². The summed E-state index contributed by atoms with van der Waals surface area (Å²) in [5.41, 5.74) is 0.864. The van der Waals surface area contributed by atoms with Crippen LogP contribution in [0.5, 0.6) is 0 Å². The van der Waals surface area contributed by atoms with Crippen LogP contribution in [-0.4, -0.2) is 32.9 Å². The molecular weight excluding hydrogens is 268 g/mol. The van der Waals surface area contributed by atoms with Crippen molar-refractivity contribution < 1.29 is 14.7 Å². The summed E-state index contributed by atoms with van der Waals surface area (Å²) >= 11 is 0. The molecule has 2 aliphatic carbocycles. The maximum atomic E-state index is 12.8. The Labute approximate surface area is 124 Å². The molecule has 21 heavy (non-hydrogen) atoms. The van der Waals surface area contributed by atoms with Crippen LogP contribution in [0.1, 0.15) is 37.8 Å². The second-order valence-corrected chi connectivity index (χ2v) is 6.00. The highest BCUT2D eigenvalue weighted by atomic mass is 16.4. The number of nitrogens with zero attached hydrogens (tertiary/aromatic N) is 2. The summed E-state index contributed by atoms with van der Waals surface area (Å²) in [6.07, 6.45) is 5.90. The lowest BCUT2D eigenvalue weighted by molar-refractivity contribution is -0.149. The largest absolute Gasteiger partial charge is 0.481 e. The van der Waals surface area contributed by atoms with Gasteiger partial charge in [0, 0.05) is 12.2 Å². The summed E-state index contributed by atoms with van der Waals surface area (Å²) < 4.78 is 0. The van der Waals surface area contributed by atoms with Crippen LogP contribution in [0.3, 0.4) is 0 Å². The average molecular weight is 288 g/mol. The fourth-order valence-electron chi connectivity index (χ4n) is 3.20. The number of carbonyl (C=O) groups is 2. The lowest BCUT2D eigenvalue weighted by Crippen LogP contribution is -2.40.